The van der Waals surface area contributed by atoms with E-state index in [1.807, 2.05) is 0 Å². The van der Waals surface area contributed by atoms with Crippen molar-refractivity contribution in [2.75, 3.05) is 5.73 Å². The Hall–Kier alpha value is -1.85. The second-order valence-electron chi connectivity index (χ2n) is 4.93. The zero-order valence-electron chi connectivity index (χ0n) is 11.0. The van der Waals surface area contributed by atoms with Crippen molar-refractivity contribution in [3.8, 4) is 5.88 Å². The van der Waals surface area contributed by atoms with Crippen LogP contribution in [0.15, 0.2) is 12.1 Å². The van der Waals surface area contributed by atoms with Gasteiger partial charge in [0.25, 0.3) is 5.88 Å². The fraction of sp³-hybridized carbons (Fsp3) is 0.615. The molecule has 0 aromatic carbocycles. The molecule has 2 unspecified atom stereocenters. The van der Waals surface area contributed by atoms with Gasteiger partial charge in [0.2, 0.25) is 0 Å². The number of hydrogen-bond acceptors (Lipinski definition) is 5. The Balaban J connectivity index is 2.21. The van der Waals surface area contributed by atoms with Crippen molar-refractivity contribution >= 4 is 11.5 Å². The van der Waals surface area contributed by atoms with E-state index in [4.69, 9.17) is 10.5 Å². The second-order valence-corrected chi connectivity index (χ2v) is 4.93. The molecular weight excluding hydrogens is 246 g/mol. The van der Waals surface area contributed by atoms with E-state index in [2.05, 4.69) is 11.9 Å². The number of hydrogen-bond donors (Lipinski definition) is 1. The lowest BCUT2D eigenvalue weighted by atomic mass is 9.85. The van der Waals surface area contributed by atoms with E-state index in [1.165, 1.54) is 18.6 Å². The van der Waals surface area contributed by atoms with Crippen molar-refractivity contribution in [1.82, 2.24) is 4.98 Å². The minimum absolute atomic E-state index is 0.00625. The molecule has 0 saturated heterocycles. The molecule has 0 amide bonds. The molecule has 6 nitrogen and oxygen atoms in total. The fourth-order valence-corrected chi connectivity index (χ4v) is 2.61. The number of nitrogens with zero attached hydrogens (tertiary/aromatic N) is 2. The second kappa shape index (κ2) is 5.86. The molecule has 2 rings (SSSR count). The lowest BCUT2D eigenvalue weighted by Crippen LogP contribution is -2.30. The van der Waals surface area contributed by atoms with Crippen LogP contribution >= 0.6 is 0 Å². The summed E-state index contributed by atoms with van der Waals surface area (Å²) in [5.41, 5.74) is 5.47. The van der Waals surface area contributed by atoms with Gasteiger partial charge in [0.05, 0.1) is 4.92 Å². The number of nitro groups is 1. The molecule has 6 heteroatoms. The first-order valence-electron chi connectivity index (χ1n) is 6.69. The summed E-state index contributed by atoms with van der Waals surface area (Å²) < 4.78 is 5.80. The van der Waals surface area contributed by atoms with E-state index in [0.29, 0.717) is 5.92 Å². The van der Waals surface area contributed by atoms with E-state index in [-0.39, 0.29) is 23.5 Å². The summed E-state index contributed by atoms with van der Waals surface area (Å²) in [6.07, 6.45) is 5.35. The monoisotopic (exact) mass is 265 g/mol. The van der Waals surface area contributed by atoms with Crippen molar-refractivity contribution < 1.29 is 9.66 Å². The van der Waals surface area contributed by atoms with Crippen LogP contribution in [0, 0.1) is 16.0 Å². The van der Waals surface area contributed by atoms with Gasteiger partial charge in [-0.15, -0.1) is 0 Å². The van der Waals surface area contributed by atoms with Gasteiger partial charge in [-0.05, 0) is 37.7 Å². The SMILES string of the molecule is CCC1CCCCC1Oc1nc(N)ccc1[N+](=O)[O-]. The number of rotatable bonds is 4. The standard InChI is InChI=1S/C13H19N3O3/c1-2-9-5-3-4-6-11(9)19-13-10(16(17)18)7-8-12(14)15-13/h7-9,11H,2-6H2,1H3,(H2,14,15). The third kappa shape index (κ3) is 3.13. The molecule has 2 atom stereocenters. The summed E-state index contributed by atoms with van der Waals surface area (Å²) in [6.45, 7) is 2.12. The van der Waals surface area contributed by atoms with Crippen LogP contribution in [0.4, 0.5) is 11.5 Å². The molecule has 1 saturated carbocycles. The van der Waals surface area contributed by atoms with Gasteiger partial charge in [-0.3, -0.25) is 10.1 Å². The van der Waals surface area contributed by atoms with Crippen LogP contribution in [-0.2, 0) is 0 Å². The van der Waals surface area contributed by atoms with Gasteiger partial charge in [0.1, 0.15) is 11.9 Å². The molecule has 1 aliphatic carbocycles. The van der Waals surface area contributed by atoms with Crippen LogP contribution in [0.5, 0.6) is 5.88 Å². The zero-order chi connectivity index (χ0) is 13.8. The van der Waals surface area contributed by atoms with E-state index >= 15 is 0 Å². The highest BCUT2D eigenvalue weighted by atomic mass is 16.6. The Labute approximate surface area is 112 Å². The quantitative estimate of drug-likeness (QED) is 0.667. The van der Waals surface area contributed by atoms with Crippen molar-refractivity contribution in [3.63, 3.8) is 0 Å². The Kier molecular flexibility index (Phi) is 4.19. The molecule has 0 aliphatic heterocycles. The van der Waals surface area contributed by atoms with Crippen molar-refractivity contribution in [3.05, 3.63) is 22.2 Å². The minimum Gasteiger partial charge on any atom is -0.469 e. The molecule has 2 N–H and O–H groups in total. The average Bonchev–Trinajstić information content (AvgIpc) is 2.39. The first kappa shape index (κ1) is 13.6. The summed E-state index contributed by atoms with van der Waals surface area (Å²) in [4.78, 5) is 14.5. The highest BCUT2D eigenvalue weighted by molar-refractivity contribution is 5.47. The van der Waals surface area contributed by atoms with Gasteiger partial charge in [0.15, 0.2) is 0 Å². The third-order valence-electron chi connectivity index (χ3n) is 3.69. The molecule has 1 aliphatic rings. The third-order valence-corrected chi connectivity index (χ3v) is 3.69. The molecule has 104 valence electrons. The highest BCUT2D eigenvalue weighted by Crippen LogP contribution is 2.33. The molecular formula is C13H19N3O3. The van der Waals surface area contributed by atoms with E-state index in [0.717, 1.165) is 25.7 Å². The highest BCUT2D eigenvalue weighted by Gasteiger charge is 2.28. The van der Waals surface area contributed by atoms with Crippen molar-refractivity contribution in [2.45, 2.75) is 45.1 Å². The van der Waals surface area contributed by atoms with Crippen LogP contribution in [0.1, 0.15) is 39.0 Å². The summed E-state index contributed by atoms with van der Waals surface area (Å²) in [5, 5.41) is 11.0. The molecule has 0 spiro atoms. The maximum Gasteiger partial charge on any atom is 0.331 e. The van der Waals surface area contributed by atoms with Crippen molar-refractivity contribution in [1.29, 1.82) is 0 Å². The zero-order valence-corrected chi connectivity index (χ0v) is 11.0. The number of ether oxygens (including phenoxy) is 1. The summed E-state index contributed by atoms with van der Waals surface area (Å²) in [5.74, 6) is 0.733. The first-order valence-corrected chi connectivity index (χ1v) is 6.69. The number of pyridine rings is 1. The Bertz CT molecular complexity index is 464. The van der Waals surface area contributed by atoms with Gasteiger partial charge in [-0.25, -0.2) is 0 Å². The van der Waals surface area contributed by atoms with Crippen LogP contribution in [-0.4, -0.2) is 16.0 Å². The molecule has 0 bridgehead atoms. The maximum atomic E-state index is 11.0. The molecule has 1 heterocycles. The Morgan fingerprint density at radius 2 is 2.21 bits per heavy atom. The predicted molar refractivity (Wildman–Crippen MR) is 72.0 cm³/mol. The molecule has 0 radical (unpaired) electrons. The summed E-state index contributed by atoms with van der Waals surface area (Å²) >= 11 is 0. The topological polar surface area (TPSA) is 91.3 Å². The van der Waals surface area contributed by atoms with E-state index in [9.17, 15) is 10.1 Å². The largest absolute Gasteiger partial charge is 0.469 e. The number of aromatic nitrogens is 1. The van der Waals surface area contributed by atoms with E-state index in [1.54, 1.807) is 0 Å². The fourth-order valence-electron chi connectivity index (χ4n) is 2.61. The summed E-state index contributed by atoms with van der Waals surface area (Å²) in [7, 11) is 0. The van der Waals surface area contributed by atoms with Gasteiger partial charge in [0, 0.05) is 6.07 Å². The van der Waals surface area contributed by atoms with Crippen molar-refractivity contribution in [2.24, 2.45) is 5.92 Å². The van der Waals surface area contributed by atoms with Crippen LogP contribution < -0.4 is 10.5 Å². The predicted octanol–water partition coefficient (Wildman–Crippen LogP) is 2.92. The lowest BCUT2D eigenvalue weighted by molar-refractivity contribution is -0.386. The molecule has 1 aromatic rings. The number of anilines is 1. The van der Waals surface area contributed by atoms with Gasteiger partial charge in [-0.1, -0.05) is 13.3 Å². The molecule has 1 aromatic heterocycles. The molecule has 19 heavy (non-hydrogen) atoms. The van der Waals surface area contributed by atoms with Gasteiger partial charge < -0.3 is 10.5 Å². The molecule has 1 fully saturated rings. The smallest absolute Gasteiger partial charge is 0.331 e. The van der Waals surface area contributed by atoms with Crippen LogP contribution in [0.25, 0.3) is 0 Å². The van der Waals surface area contributed by atoms with Crippen LogP contribution in [0.2, 0.25) is 0 Å². The first-order chi connectivity index (χ1) is 9.11. The minimum atomic E-state index is -0.481. The van der Waals surface area contributed by atoms with Crippen LogP contribution in [0.3, 0.4) is 0 Å². The van der Waals surface area contributed by atoms with Gasteiger partial charge >= 0.3 is 5.69 Å². The Morgan fingerprint density at radius 1 is 1.47 bits per heavy atom. The number of nitrogen functional groups attached to an aromatic ring is 1. The normalized spacial score (nSPS) is 23.0. The lowest BCUT2D eigenvalue weighted by Gasteiger charge is -2.30. The number of nitrogens with two attached hydrogens (primary N) is 1. The summed E-state index contributed by atoms with van der Waals surface area (Å²) in [6, 6.07) is 2.77. The van der Waals surface area contributed by atoms with E-state index < -0.39 is 4.92 Å². The van der Waals surface area contributed by atoms with Gasteiger partial charge in [-0.2, -0.15) is 4.98 Å². The maximum absolute atomic E-state index is 11.0. The average molecular weight is 265 g/mol. The Morgan fingerprint density at radius 3 is 2.89 bits per heavy atom.